The standard InChI is InChI=1S/C17H14FNO4/c1-21-13-5-6-14-15(7-8-22-16(14)10-13)19-23-17(20)11-3-2-4-12(18)9-11/h2-6,9-10H,7-8H2,1H3/b19-15-. The summed E-state index contributed by atoms with van der Waals surface area (Å²) in [6.45, 7) is 0.427. The molecule has 0 radical (unpaired) electrons. The number of hydrogen-bond acceptors (Lipinski definition) is 5. The van der Waals surface area contributed by atoms with Crippen molar-refractivity contribution in [1.29, 1.82) is 0 Å². The lowest BCUT2D eigenvalue weighted by Gasteiger charge is -2.19. The van der Waals surface area contributed by atoms with Gasteiger partial charge in [0.25, 0.3) is 0 Å². The highest BCUT2D eigenvalue weighted by Crippen LogP contribution is 2.29. The molecule has 2 aromatic carbocycles. The van der Waals surface area contributed by atoms with Crippen molar-refractivity contribution in [2.45, 2.75) is 6.42 Å². The van der Waals surface area contributed by atoms with Crippen LogP contribution in [0.5, 0.6) is 11.5 Å². The SMILES string of the molecule is COc1ccc2c(c1)OCC/C2=N/OC(=O)c1cccc(F)c1. The zero-order valence-corrected chi connectivity index (χ0v) is 12.4. The summed E-state index contributed by atoms with van der Waals surface area (Å²) in [4.78, 5) is 16.8. The number of benzene rings is 2. The first-order chi connectivity index (χ1) is 11.2. The molecule has 23 heavy (non-hydrogen) atoms. The minimum absolute atomic E-state index is 0.108. The van der Waals surface area contributed by atoms with Gasteiger partial charge in [0.2, 0.25) is 0 Å². The van der Waals surface area contributed by atoms with Crippen LogP contribution >= 0.6 is 0 Å². The Labute approximate surface area is 132 Å². The summed E-state index contributed by atoms with van der Waals surface area (Å²) in [6, 6.07) is 10.6. The van der Waals surface area contributed by atoms with Crippen LogP contribution in [-0.4, -0.2) is 25.4 Å². The Morgan fingerprint density at radius 2 is 2.13 bits per heavy atom. The molecule has 1 aliphatic rings. The van der Waals surface area contributed by atoms with Gasteiger partial charge in [-0.25, -0.2) is 9.18 Å². The molecular formula is C17H14FNO4. The predicted octanol–water partition coefficient (Wildman–Crippen LogP) is 3.18. The number of hydrogen-bond donors (Lipinski definition) is 0. The largest absolute Gasteiger partial charge is 0.497 e. The highest BCUT2D eigenvalue weighted by Gasteiger charge is 2.19. The molecule has 0 unspecified atom stereocenters. The third kappa shape index (κ3) is 3.31. The van der Waals surface area contributed by atoms with Crippen LogP contribution in [0.15, 0.2) is 47.6 Å². The maximum atomic E-state index is 13.1. The van der Waals surface area contributed by atoms with Gasteiger partial charge in [-0.2, -0.15) is 0 Å². The molecule has 0 atom stereocenters. The van der Waals surface area contributed by atoms with Crippen LogP contribution in [-0.2, 0) is 4.84 Å². The molecule has 0 spiro atoms. The topological polar surface area (TPSA) is 57.1 Å². The molecule has 0 aromatic heterocycles. The number of carbonyl (C=O) groups excluding carboxylic acids is 1. The first kappa shape index (κ1) is 15.0. The average Bonchev–Trinajstić information content (AvgIpc) is 2.59. The third-order valence-corrected chi connectivity index (χ3v) is 3.40. The Morgan fingerprint density at radius 3 is 2.91 bits per heavy atom. The van der Waals surface area contributed by atoms with Crippen LogP contribution in [0.1, 0.15) is 22.3 Å². The summed E-state index contributed by atoms with van der Waals surface area (Å²) in [5, 5.41) is 3.91. The number of nitrogens with zero attached hydrogens (tertiary/aromatic N) is 1. The molecule has 1 heterocycles. The quantitative estimate of drug-likeness (QED) is 0.645. The molecule has 0 bridgehead atoms. The Hall–Kier alpha value is -2.89. The van der Waals surface area contributed by atoms with Crippen LogP contribution < -0.4 is 9.47 Å². The zero-order chi connectivity index (χ0) is 16.2. The molecule has 2 aromatic rings. The fourth-order valence-electron chi connectivity index (χ4n) is 2.24. The van der Waals surface area contributed by atoms with Gasteiger partial charge in [0.05, 0.1) is 25.0 Å². The van der Waals surface area contributed by atoms with Crippen LogP contribution in [0.2, 0.25) is 0 Å². The van der Waals surface area contributed by atoms with Gasteiger partial charge in [-0.3, -0.25) is 0 Å². The lowest BCUT2D eigenvalue weighted by molar-refractivity contribution is 0.0514. The van der Waals surface area contributed by atoms with Gasteiger partial charge in [-0.05, 0) is 30.3 Å². The smallest absolute Gasteiger partial charge is 0.365 e. The maximum Gasteiger partial charge on any atom is 0.365 e. The van der Waals surface area contributed by atoms with Gasteiger partial charge in [0, 0.05) is 18.1 Å². The van der Waals surface area contributed by atoms with Gasteiger partial charge in [0.15, 0.2) is 0 Å². The molecular weight excluding hydrogens is 301 g/mol. The summed E-state index contributed by atoms with van der Waals surface area (Å²) in [6.07, 6.45) is 0.510. The number of oxime groups is 1. The molecule has 0 amide bonds. The Balaban J connectivity index is 1.80. The van der Waals surface area contributed by atoms with E-state index in [9.17, 15) is 9.18 Å². The van der Waals surface area contributed by atoms with E-state index >= 15 is 0 Å². The first-order valence-electron chi connectivity index (χ1n) is 7.02. The van der Waals surface area contributed by atoms with Crippen molar-refractivity contribution >= 4 is 11.7 Å². The molecule has 118 valence electrons. The first-order valence-corrected chi connectivity index (χ1v) is 7.02. The maximum absolute atomic E-state index is 13.1. The summed E-state index contributed by atoms with van der Waals surface area (Å²) >= 11 is 0. The summed E-state index contributed by atoms with van der Waals surface area (Å²) in [5.74, 6) is 0.0760. The predicted molar refractivity (Wildman–Crippen MR) is 81.5 cm³/mol. The van der Waals surface area contributed by atoms with E-state index in [1.807, 2.05) is 0 Å². The Kier molecular flexibility index (Phi) is 4.23. The Morgan fingerprint density at radius 1 is 1.26 bits per heavy atom. The van der Waals surface area contributed by atoms with Crippen LogP contribution in [0, 0.1) is 5.82 Å². The lowest BCUT2D eigenvalue weighted by Crippen LogP contribution is -2.17. The normalized spacial score (nSPS) is 14.8. The monoisotopic (exact) mass is 315 g/mol. The van der Waals surface area contributed by atoms with Crippen LogP contribution in [0.25, 0.3) is 0 Å². The molecule has 0 fully saturated rings. The fraction of sp³-hybridized carbons (Fsp3) is 0.176. The minimum Gasteiger partial charge on any atom is -0.497 e. The molecule has 3 rings (SSSR count). The second-order valence-electron chi connectivity index (χ2n) is 4.89. The van der Waals surface area contributed by atoms with E-state index in [-0.39, 0.29) is 5.56 Å². The van der Waals surface area contributed by atoms with E-state index in [1.165, 1.54) is 18.2 Å². The third-order valence-electron chi connectivity index (χ3n) is 3.40. The van der Waals surface area contributed by atoms with Gasteiger partial charge in [0.1, 0.15) is 17.3 Å². The van der Waals surface area contributed by atoms with Gasteiger partial charge < -0.3 is 14.3 Å². The van der Waals surface area contributed by atoms with E-state index in [2.05, 4.69) is 5.16 Å². The second kappa shape index (κ2) is 6.48. The van der Waals surface area contributed by atoms with E-state index in [4.69, 9.17) is 14.3 Å². The molecule has 1 aliphatic heterocycles. The van der Waals surface area contributed by atoms with Gasteiger partial charge >= 0.3 is 5.97 Å². The van der Waals surface area contributed by atoms with E-state index in [0.29, 0.717) is 30.2 Å². The highest BCUT2D eigenvalue weighted by molar-refractivity contribution is 6.04. The number of rotatable bonds is 3. The molecule has 0 aliphatic carbocycles. The van der Waals surface area contributed by atoms with E-state index in [0.717, 1.165) is 11.6 Å². The molecule has 0 saturated carbocycles. The molecule has 5 nitrogen and oxygen atoms in total. The highest BCUT2D eigenvalue weighted by atomic mass is 19.1. The summed E-state index contributed by atoms with van der Waals surface area (Å²) in [7, 11) is 1.57. The molecule has 0 N–H and O–H groups in total. The van der Waals surface area contributed by atoms with Gasteiger partial charge in [-0.1, -0.05) is 11.2 Å². The number of ether oxygens (including phenoxy) is 2. The summed E-state index contributed by atoms with van der Waals surface area (Å²) in [5.41, 5.74) is 1.44. The number of fused-ring (bicyclic) bond motifs is 1. The van der Waals surface area contributed by atoms with Crippen molar-refractivity contribution in [3.05, 3.63) is 59.4 Å². The zero-order valence-electron chi connectivity index (χ0n) is 12.4. The van der Waals surface area contributed by atoms with Crippen molar-refractivity contribution in [1.82, 2.24) is 0 Å². The van der Waals surface area contributed by atoms with E-state index in [1.54, 1.807) is 25.3 Å². The Bertz CT molecular complexity index is 773. The van der Waals surface area contributed by atoms with Crippen LogP contribution in [0.3, 0.4) is 0 Å². The van der Waals surface area contributed by atoms with Crippen LogP contribution in [0.4, 0.5) is 4.39 Å². The minimum atomic E-state index is -0.710. The van der Waals surface area contributed by atoms with Gasteiger partial charge in [-0.15, -0.1) is 0 Å². The average molecular weight is 315 g/mol. The summed E-state index contributed by atoms with van der Waals surface area (Å²) < 4.78 is 23.8. The lowest BCUT2D eigenvalue weighted by atomic mass is 10.0. The van der Waals surface area contributed by atoms with Crippen molar-refractivity contribution in [3.63, 3.8) is 0 Å². The second-order valence-corrected chi connectivity index (χ2v) is 4.89. The number of carbonyl (C=O) groups is 1. The van der Waals surface area contributed by atoms with Crippen molar-refractivity contribution in [2.75, 3.05) is 13.7 Å². The van der Waals surface area contributed by atoms with Crippen molar-refractivity contribution < 1.29 is 23.5 Å². The number of methoxy groups -OCH3 is 1. The molecule has 6 heteroatoms. The molecule has 0 saturated heterocycles. The van der Waals surface area contributed by atoms with E-state index < -0.39 is 11.8 Å². The van der Waals surface area contributed by atoms with Crippen molar-refractivity contribution in [2.24, 2.45) is 5.16 Å². The number of halogens is 1. The van der Waals surface area contributed by atoms with Crippen molar-refractivity contribution in [3.8, 4) is 11.5 Å². The fourth-order valence-corrected chi connectivity index (χ4v) is 2.24.